The first-order valence-corrected chi connectivity index (χ1v) is 31.6. The summed E-state index contributed by atoms with van der Waals surface area (Å²) in [6, 6.07) is -0.819. The first-order chi connectivity index (χ1) is 35.3. The maximum atomic E-state index is 13.1. The summed E-state index contributed by atoms with van der Waals surface area (Å²) in [6.07, 6.45) is 61.2. The Labute approximate surface area is 445 Å². The van der Waals surface area contributed by atoms with Crippen LogP contribution in [-0.2, 0) is 14.3 Å². The number of hydrogen-bond donors (Lipinski definition) is 6. The average Bonchev–Trinajstić information content (AvgIpc) is 3.38. The summed E-state index contributed by atoms with van der Waals surface area (Å²) in [5, 5.41) is 54.6. The molecule has 7 unspecified atom stereocenters. The molecule has 9 heteroatoms. The van der Waals surface area contributed by atoms with Crippen molar-refractivity contribution in [2.45, 2.75) is 358 Å². The number of aliphatic hydroxyl groups excluding tert-OH is 5. The van der Waals surface area contributed by atoms with Gasteiger partial charge in [-0.2, -0.15) is 0 Å². The smallest absolute Gasteiger partial charge is 0.220 e. The maximum Gasteiger partial charge on any atom is 0.220 e. The van der Waals surface area contributed by atoms with Crippen molar-refractivity contribution in [3.8, 4) is 0 Å². The molecular formula is C63H121NO8. The number of carbonyl (C=O) groups excluding carboxylic acids is 1. The Balaban J connectivity index is 2.19. The molecule has 1 fully saturated rings. The second-order valence-corrected chi connectivity index (χ2v) is 22.2. The van der Waals surface area contributed by atoms with Gasteiger partial charge in [-0.1, -0.05) is 301 Å². The Morgan fingerprint density at radius 1 is 0.458 bits per heavy atom. The van der Waals surface area contributed by atoms with Gasteiger partial charge in [0, 0.05) is 6.42 Å². The lowest BCUT2D eigenvalue weighted by Gasteiger charge is -2.40. The zero-order valence-electron chi connectivity index (χ0n) is 47.5. The second-order valence-electron chi connectivity index (χ2n) is 22.2. The molecule has 1 aliphatic heterocycles. The fourth-order valence-electron chi connectivity index (χ4n) is 10.3. The van der Waals surface area contributed by atoms with Gasteiger partial charge >= 0.3 is 0 Å². The summed E-state index contributed by atoms with van der Waals surface area (Å²) in [5.74, 6) is -0.179. The van der Waals surface area contributed by atoms with Crippen LogP contribution in [0.1, 0.15) is 316 Å². The van der Waals surface area contributed by atoms with Crippen LogP contribution < -0.4 is 5.32 Å². The van der Waals surface area contributed by atoms with Crippen LogP contribution in [0.25, 0.3) is 0 Å². The molecule has 1 saturated heterocycles. The van der Waals surface area contributed by atoms with E-state index < -0.39 is 49.5 Å². The van der Waals surface area contributed by atoms with Gasteiger partial charge in [0.2, 0.25) is 5.91 Å². The van der Waals surface area contributed by atoms with E-state index in [0.29, 0.717) is 6.42 Å². The van der Waals surface area contributed by atoms with Gasteiger partial charge in [-0.3, -0.25) is 4.79 Å². The fourth-order valence-corrected chi connectivity index (χ4v) is 10.3. The number of rotatable bonds is 55. The number of unbranched alkanes of at least 4 members (excludes halogenated alkanes) is 43. The fraction of sp³-hybridized carbons (Fsp3) is 0.921. The molecule has 1 amide bonds. The van der Waals surface area contributed by atoms with Crippen molar-refractivity contribution in [3.63, 3.8) is 0 Å². The van der Waals surface area contributed by atoms with Crippen molar-refractivity contribution >= 4 is 5.91 Å². The predicted molar refractivity (Wildman–Crippen MR) is 304 cm³/mol. The Hall–Kier alpha value is -1.33. The molecule has 0 aromatic carbocycles. The molecule has 0 aliphatic carbocycles. The number of ether oxygens (including phenoxy) is 2. The van der Waals surface area contributed by atoms with Gasteiger partial charge in [-0.15, -0.1) is 0 Å². The number of allylic oxidation sites excluding steroid dienone is 3. The highest BCUT2D eigenvalue weighted by molar-refractivity contribution is 5.76. The number of hydrogen-bond acceptors (Lipinski definition) is 8. The summed E-state index contributed by atoms with van der Waals surface area (Å²) >= 11 is 0. The van der Waals surface area contributed by atoms with Gasteiger partial charge in [-0.25, -0.2) is 0 Å². The van der Waals surface area contributed by atoms with Gasteiger partial charge in [-0.05, 0) is 32.1 Å². The second kappa shape index (κ2) is 53.1. The topological polar surface area (TPSA) is 149 Å². The van der Waals surface area contributed by atoms with Gasteiger partial charge in [0.15, 0.2) is 6.29 Å². The molecule has 0 spiro atoms. The Morgan fingerprint density at radius 2 is 0.792 bits per heavy atom. The predicted octanol–water partition coefficient (Wildman–Crippen LogP) is 16.1. The molecule has 426 valence electrons. The van der Waals surface area contributed by atoms with E-state index in [0.717, 1.165) is 38.5 Å². The van der Waals surface area contributed by atoms with Crippen molar-refractivity contribution in [2.24, 2.45) is 0 Å². The first kappa shape index (κ1) is 68.7. The van der Waals surface area contributed by atoms with Gasteiger partial charge in [0.05, 0.1) is 25.4 Å². The van der Waals surface area contributed by atoms with Gasteiger partial charge < -0.3 is 40.3 Å². The van der Waals surface area contributed by atoms with Crippen LogP contribution in [0.5, 0.6) is 0 Å². The van der Waals surface area contributed by atoms with Crippen LogP contribution in [0.3, 0.4) is 0 Å². The third-order valence-corrected chi connectivity index (χ3v) is 15.3. The standard InChI is InChI=1S/C63H121NO8/c1-3-5-7-9-11-13-15-17-19-21-23-25-27-29-31-33-35-37-39-41-43-45-47-49-51-53-59(67)64-56(55-71-63-62(70)61(69)60(68)58(54-65)72-63)57(66)52-50-48-46-44-42-40-38-36-34-32-30-28-26-24-22-20-18-16-14-12-10-8-6-4-2/h42,44,50,52,56-58,60-63,65-66,68-70H,3-41,43,45-49,51,53-55H2,1-2H3,(H,64,67)/b44-42+,52-50+. The van der Waals surface area contributed by atoms with Crippen LogP contribution in [0.2, 0.25) is 0 Å². The zero-order chi connectivity index (χ0) is 52.2. The number of nitrogens with one attached hydrogen (secondary N) is 1. The summed E-state index contributed by atoms with van der Waals surface area (Å²) in [7, 11) is 0. The first-order valence-electron chi connectivity index (χ1n) is 31.6. The van der Waals surface area contributed by atoms with Crippen LogP contribution in [0.15, 0.2) is 24.3 Å². The Morgan fingerprint density at radius 3 is 1.17 bits per heavy atom. The third-order valence-electron chi connectivity index (χ3n) is 15.3. The van der Waals surface area contributed by atoms with E-state index in [4.69, 9.17) is 9.47 Å². The summed E-state index contributed by atoms with van der Waals surface area (Å²) < 4.78 is 11.3. The maximum absolute atomic E-state index is 13.1. The summed E-state index contributed by atoms with van der Waals surface area (Å²) in [6.45, 7) is 3.81. The van der Waals surface area contributed by atoms with Crippen molar-refractivity contribution in [1.82, 2.24) is 5.32 Å². The Bertz CT molecular complexity index is 1180. The van der Waals surface area contributed by atoms with E-state index in [1.165, 1.54) is 257 Å². The third kappa shape index (κ3) is 41.9. The molecule has 1 aliphatic rings. The summed E-state index contributed by atoms with van der Waals surface area (Å²) in [4.78, 5) is 13.1. The van der Waals surface area contributed by atoms with Gasteiger partial charge in [0.25, 0.3) is 0 Å². The SMILES string of the molecule is CCCCCCCCCCCCCCCCCCCC/C=C/CC/C=C/C(O)C(COC1OC(CO)C(O)C(O)C1O)NC(=O)CCCCCCCCCCCCCCCCCCCCCCCCCCC. The van der Waals surface area contributed by atoms with E-state index in [-0.39, 0.29) is 12.5 Å². The quantitative estimate of drug-likeness (QED) is 0.0261. The lowest BCUT2D eigenvalue weighted by molar-refractivity contribution is -0.302. The van der Waals surface area contributed by atoms with Crippen LogP contribution in [-0.4, -0.2) is 87.5 Å². The number of carbonyl (C=O) groups is 1. The molecule has 0 radical (unpaired) electrons. The van der Waals surface area contributed by atoms with Crippen molar-refractivity contribution < 1.29 is 39.8 Å². The van der Waals surface area contributed by atoms with Crippen LogP contribution in [0.4, 0.5) is 0 Å². The normalized spacial score (nSPS) is 19.2. The molecule has 7 atom stereocenters. The monoisotopic (exact) mass is 1020 g/mol. The van der Waals surface area contributed by atoms with Crippen molar-refractivity contribution in [1.29, 1.82) is 0 Å². The minimum absolute atomic E-state index is 0.179. The minimum atomic E-state index is -1.57. The molecule has 1 heterocycles. The van der Waals surface area contributed by atoms with E-state index in [9.17, 15) is 30.3 Å². The highest BCUT2D eigenvalue weighted by atomic mass is 16.7. The van der Waals surface area contributed by atoms with Crippen LogP contribution in [0, 0.1) is 0 Å². The Kier molecular flexibility index (Phi) is 50.6. The summed E-state index contributed by atoms with van der Waals surface area (Å²) in [5.41, 5.74) is 0. The molecule has 0 aromatic heterocycles. The highest BCUT2D eigenvalue weighted by Gasteiger charge is 2.44. The van der Waals surface area contributed by atoms with E-state index in [2.05, 4.69) is 31.3 Å². The molecule has 6 N–H and O–H groups in total. The largest absolute Gasteiger partial charge is 0.394 e. The molecule has 9 nitrogen and oxygen atoms in total. The lowest BCUT2D eigenvalue weighted by atomic mass is 9.99. The van der Waals surface area contributed by atoms with E-state index in [1.54, 1.807) is 6.08 Å². The lowest BCUT2D eigenvalue weighted by Crippen LogP contribution is -2.60. The van der Waals surface area contributed by atoms with Crippen molar-refractivity contribution in [2.75, 3.05) is 13.2 Å². The van der Waals surface area contributed by atoms with Gasteiger partial charge in [0.1, 0.15) is 24.4 Å². The molecule has 0 aromatic rings. The average molecular weight is 1020 g/mol. The highest BCUT2D eigenvalue weighted by Crippen LogP contribution is 2.23. The zero-order valence-corrected chi connectivity index (χ0v) is 47.5. The molecule has 72 heavy (non-hydrogen) atoms. The molecular weight excluding hydrogens is 899 g/mol. The van der Waals surface area contributed by atoms with E-state index >= 15 is 0 Å². The molecule has 0 bridgehead atoms. The molecule has 0 saturated carbocycles. The minimum Gasteiger partial charge on any atom is -0.394 e. The molecule has 1 rings (SSSR count). The number of amides is 1. The number of aliphatic hydroxyl groups is 5. The van der Waals surface area contributed by atoms with Crippen molar-refractivity contribution in [3.05, 3.63) is 24.3 Å². The van der Waals surface area contributed by atoms with E-state index in [1.807, 2.05) is 6.08 Å². The van der Waals surface area contributed by atoms with Crippen LogP contribution >= 0.6 is 0 Å².